The van der Waals surface area contributed by atoms with Crippen molar-refractivity contribution in [2.24, 2.45) is 5.92 Å². The Kier molecular flexibility index (Phi) is 4.50. The second kappa shape index (κ2) is 6.56. The van der Waals surface area contributed by atoms with Crippen molar-refractivity contribution < 1.29 is 9.59 Å². The molecular formula is C17H24N4O2. The summed E-state index contributed by atoms with van der Waals surface area (Å²) in [5.41, 5.74) is 2.17. The first-order chi connectivity index (χ1) is 11.1. The van der Waals surface area contributed by atoms with Gasteiger partial charge in [0.1, 0.15) is 0 Å². The minimum absolute atomic E-state index is 0.108. The van der Waals surface area contributed by atoms with E-state index in [1.54, 1.807) is 4.90 Å². The molecule has 124 valence electrons. The first kappa shape index (κ1) is 15.8. The molecule has 1 aromatic heterocycles. The normalized spacial score (nSPS) is 21.9. The van der Waals surface area contributed by atoms with Crippen LogP contribution >= 0.6 is 0 Å². The Morgan fingerprint density at radius 1 is 1.30 bits per heavy atom. The summed E-state index contributed by atoms with van der Waals surface area (Å²) in [7, 11) is 0. The second-order valence-corrected chi connectivity index (χ2v) is 6.30. The molecule has 0 unspecified atom stereocenters. The van der Waals surface area contributed by atoms with E-state index in [2.05, 4.69) is 16.0 Å². The van der Waals surface area contributed by atoms with Crippen molar-refractivity contribution >= 4 is 17.5 Å². The summed E-state index contributed by atoms with van der Waals surface area (Å²) in [6, 6.07) is 4.09. The number of piperazine rings is 1. The molecule has 0 saturated carbocycles. The summed E-state index contributed by atoms with van der Waals surface area (Å²) in [5.74, 6) is 0.0915. The van der Waals surface area contributed by atoms with Crippen LogP contribution in [0.15, 0.2) is 18.3 Å². The van der Waals surface area contributed by atoms with E-state index in [-0.39, 0.29) is 17.7 Å². The standard InChI is InChI=1S/C17H24N4O2/c1-3-19-12-14(11-16(19)22)17(23)21-8-6-20(7-9-21)15-4-5-18-13(2)10-15/h4-5,10,14H,3,6-9,11-12H2,1-2H3/t14-/m0/s1. The van der Waals surface area contributed by atoms with Crippen LogP contribution in [0.5, 0.6) is 0 Å². The topological polar surface area (TPSA) is 56.8 Å². The van der Waals surface area contributed by atoms with Gasteiger partial charge in [-0.25, -0.2) is 0 Å². The van der Waals surface area contributed by atoms with Gasteiger partial charge in [0, 0.05) is 63.3 Å². The average molecular weight is 316 g/mol. The van der Waals surface area contributed by atoms with Crippen LogP contribution in [0.4, 0.5) is 5.69 Å². The molecule has 0 radical (unpaired) electrons. The summed E-state index contributed by atoms with van der Waals surface area (Å²) in [6.07, 6.45) is 2.20. The number of likely N-dealkylation sites (tertiary alicyclic amines) is 1. The Morgan fingerprint density at radius 2 is 2.04 bits per heavy atom. The summed E-state index contributed by atoms with van der Waals surface area (Å²) in [6.45, 7) is 8.31. The molecule has 23 heavy (non-hydrogen) atoms. The number of hydrogen-bond acceptors (Lipinski definition) is 4. The smallest absolute Gasteiger partial charge is 0.228 e. The molecule has 1 aromatic rings. The molecule has 2 aliphatic heterocycles. The fraction of sp³-hybridized carbons (Fsp3) is 0.588. The van der Waals surface area contributed by atoms with E-state index in [4.69, 9.17) is 0 Å². The van der Waals surface area contributed by atoms with Gasteiger partial charge in [-0.15, -0.1) is 0 Å². The Labute approximate surface area is 137 Å². The van der Waals surface area contributed by atoms with E-state index in [1.165, 1.54) is 0 Å². The van der Waals surface area contributed by atoms with Gasteiger partial charge in [0.25, 0.3) is 0 Å². The van der Waals surface area contributed by atoms with Gasteiger partial charge in [-0.2, -0.15) is 0 Å². The van der Waals surface area contributed by atoms with Crippen molar-refractivity contribution in [2.75, 3.05) is 44.2 Å². The number of hydrogen-bond donors (Lipinski definition) is 0. The van der Waals surface area contributed by atoms with E-state index in [0.29, 0.717) is 19.5 Å². The van der Waals surface area contributed by atoms with Crippen molar-refractivity contribution in [1.82, 2.24) is 14.8 Å². The van der Waals surface area contributed by atoms with Crippen LogP contribution in [0, 0.1) is 12.8 Å². The van der Waals surface area contributed by atoms with Gasteiger partial charge in [0.05, 0.1) is 5.92 Å². The molecule has 2 aliphatic rings. The van der Waals surface area contributed by atoms with E-state index < -0.39 is 0 Å². The highest BCUT2D eigenvalue weighted by atomic mass is 16.2. The minimum Gasteiger partial charge on any atom is -0.368 e. The van der Waals surface area contributed by atoms with E-state index in [1.807, 2.05) is 31.0 Å². The molecule has 3 heterocycles. The number of pyridine rings is 1. The molecule has 2 fully saturated rings. The van der Waals surface area contributed by atoms with Gasteiger partial charge in [-0.1, -0.05) is 0 Å². The molecule has 6 nitrogen and oxygen atoms in total. The van der Waals surface area contributed by atoms with Gasteiger partial charge < -0.3 is 14.7 Å². The molecule has 1 atom stereocenters. The van der Waals surface area contributed by atoms with Gasteiger partial charge in [-0.3, -0.25) is 14.6 Å². The molecule has 0 aliphatic carbocycles. The van der Waals surface area contributed by atoms with Gasteiger partial charge in [0.15, 0.2) is 0 Å². The molecular weight excluding hydrogens is 292 g/mol. The molecule has 0 bridgehead atoms. The van der Waals surface area contributed by atoms with Crippen molar-refractivity contribution in [3.8, 4) is 0 Å². The van der Waals surface area contributed by atoms with Crippen molar-refractivity contribution in [3.63, 3.8) is 0 Å². The zero-order valence-corrected chi connectivity index (χ0v) is 13.9. The van der Waals surface area contributed by atoms with Gasteiger partial charge in [-0.05, 0) is 26.0 Å². The van der Waals surface area contributed by atoms with Crippen LogP contribution in [0.3, 0.4) is 0 Å². The number of anilines is 1. The van der Waals surface area contributed by atoms with Crippen LogP contribution in [0.2, 0.25) is 0 Å². The fourth-order valence-electron chi connectivity index (χ4n) is 3.41. The molecule has 0 spiro atoms. The zero-order chi connectivity index (χ0) is 16.4. The van der Waals surface area contributed by atoms with E-state index in [9.17, 15) is 9.59 Å². The lowest BCUT2D eigenvalue weighted by Gasteiger charge is -2.37. The highest BCUT2D eigenvalue weighted by molar-refractivity contribution is 5.89. The molecule has 3 rings (SSSR count). The van der Waals surface area contributed by atoms with Crippen LogP contribution < -0.4 is 4.90 Å². The first-order valence-corrected chi connectivity index (χ1v) is 8.32. The fourth-order valence-corrected chi connectivity index (χ4v) is 3.41. The third-order valence-corrected chi connectivity index (χ3v) is 4.78. The lowest BCUT2D eigenvalue weighted by molar-refractivity contribution is -0.136. The van der Waals surface area contributed by atoms with Gasteiger partial charge >= 0.3 is 0 Å². The Bertz CT molecular complexity index is 596. The maximum atomic E-state index is 12.6. The van der Waals surface area contributed by atoms with Crippen LogP contribution in [0.1, 0.15) is 19.0 Å². The molecule has 0 N–H and O–H groups in total. The van der Waals surface area contributed by atoms with Crippen LogP contribution in [-0.4, -0.2) is 65.9 Å². The number of carbonyl (C=O) groups excluding carboxylic acids is 2. The van der Waals surface area contributed by atoms with E-state index in [0.717, 1.165) is 37.6 Å². The van der Waals surface area contributed by atoms with Crippen molar-refractivity contribution in [2.45, 2.75) is 20.3 Å². The molecule has 2 amide bonds. The predicted molar refractivity (Wildman–Crippen MR) is 88.1 cm³/mol. The number of nitrogens with zero attached hydrogens (tertiary/aromatic N) is 4. The van der Waals surface area contributed by atoms with Crippen LogP contribution in [-0.2, 0) is 9.59 Å². The summed E-state index contributed by atoms with van der Waals surface area (Å²) in [5, 5.41) is 0. The number of carbonyl (C=O) groups is 2. The number of aryl methyl sites for hydroxylation is 1. The average Bonchev–Trinajstić information content (AvgIpc) is 2.95. The largest absolute Gasteiger partial charge is 0.368 e. The quantitative estimate of drug-likeness (QED) is 0.832. The minimum atomic E-state index is -0.155. The third-order valence-electron chi connectivity index (χ3n) is 4.78. The summed E-state index contributed by atoms with van der Waals surface area (Å²) < 4.78 is 0. The Morgan fingerprint density at radius 3 is 2.65 bits per heavy atom. The zero-order valence-electron chi connectivity index (χ0n) is 13.9. The highest BCUT2D eigenvalue weighted by Crippen LogP contribution is 2.22. The Balaban J connectivity index is 1.57. The number of rotatable bonds is 3. The molecule has 0 aromatic carbocycles. The van der Waals surface area contributed by atoms with E-state index >= 15 is 0 Å². The highest BCUT2D eigenvalue weighted by Gasteiger charge is 2.36. The maximum absolute atomic E-state index is 12.6. The second-order valence-electron chi connectivity index (χ2n) is 6.30. The monoisotopic (exact) mass is 316 g/mol. The molecule has 6 heteroatoms. The van der Waals surface area contributed by atoms with Crippen molar-refractivity contribution in [1.29, 1.82) is 0 Å². The third kappa shape index (κ3) is 3.30. The Hall–Kier alpha value is -2.11. The van der Waals surface area contributed by atoms with Gasteiger partial charge in [0.2, 0.25) is 11.8 Å². The molecule has 2 saturated heterocycles. The maximum Gasteiger partial charge on any atom is 0.228 e. The predicted octanol–water partition coefficient (Wildman–Crippen LogP) is 0.907. The first-order valence-electron chi connectivity index (χ1n) is 8.32. The van der Waals surface area contributed by atoms with Crippen LogP contribution in [0.25, 0.3) is 0 Å². The lowest BCUT2D eigenvalue weighted by atomic mass is 10.1. The SMILES string of the molecule is CCN1C[C@@H](C(=O)N2CCN(c3ccnc(C)c3)CC2)CC1=O. The number of amides is 2. The summed E-state index contributed by atoms with van der Waals surface area (Å²) >= 11 is 0. The lowest BCUT2D eigenvalue weighted by Crippen LogP contribution is -2.50. The number of aromatic nitrogens is 1. The van der Waals surface area contributed by atoms with Crippen molar-refractivity contribution in [3.05, 3.63) is 24.0 Å². The summed E-state index contributed by atoms with van der Waals surface area (Å²) in [4.78, 5) is 34.6.